The maximum Gasteiger partial charge on any atom is 0.305 e. The van der Waals surface area contributed by atoms with Crippen molar-refractivity contribution in [1.82, 2.24) is 0 Å². The molecule has 2 atom stereocenters. The van der Waals surface area contributed by atoms with Crippen LogP contribution in [-0.4, -0.2) is 25.4 Å². The van der Waals surface area contributed by atoms with Gasteiger partial charge in [0.25, 0.3) is 0 Å². The Balaban J connectivity index is 3.40. The molecule has 0 fully saturated rings. The first-order chi connectivity index (χ1) is 11.1. The third kappa shape index (κ3) is 14.6. The summed E-state index contributed by atoms with van der Waals surface area (Å²) in [5.41, 5.74) is 0. The number of rotatable bonds is 16. The van der Waals surface area contributed by atoms with Crippen molar-refractivity contribution in [3.05, 3.63) is 0 Å². The zero-order valence-corrected chi connectivity index (χ0v) is 15.1. The van der Waals surface area contributed by atoms with Crippen LogP contribution >= 0.6 is 0 Å². The van der Waals surface area contributed by atoms with Crippen LogP contribution in [0.15, 0.2) is 0 Å². The lowest BCUT2D eigenvalue weighted by Crippen LogP contribution is -2.17. The lowest BCUT2D eigenvalue weighted by molar-refractivity contribution is -0.140. The van der Waals surface area contributed by atoms with Crippen LogP contribution in [0.5, 0.6) is 0 Å². The van der Waals surface area contributed by atoms with Gasteiger partial charge in [0.2, 0.25) is 0 Å². The van der Waals surface area contributed by atoms with Crippen molar-refractivity contribution in [2.45, 2.75) is 109 Å². The zero-order valence-electron chi connectivity index (χ0n) is 15.1. The van der Waals surface area contributed by atoms with E-state index in [-0.39, 0.29) is 5.97 Å². The predicted molar refractivity (Wildman–Crippen MR) is 92.1 cm³/mol. The maximum absolute atomic E-state index is 13.7. The van der Waals surface area contributed by atoms with E-state index < -0.39 is 12.3 Å². The highest BCUT2D eigenvalue weighted by atomic mass is 19.2. The Kier molecular flexibility index (Phi) is 15.7. The van der Waals surface area contributed by atoms with Gasteiger partial charge in [0.1, 0.15) is 12.3 Å². The fraction of sp³-hybridized carbons (Fsp3) is 0.947. The lowest BCUT2D eigenvalue weighted by Gasteiger charge is -2.13. The highest BCUT2D eigenvalue weighted by molar-refractivity contribution is 5.68. The number of carbonyl (C=O) groups is 1. The third-order valence-electron chi connectivity index (χ3n) is 4.31. The minimum Gasteiger partial charge on any atom is -0.469 e. The number of ether oxygens (including phenoxy) is 1. The largest absolute Gasteiger partial charge is 0.469 e. The van der Waals surface area contributed by atoms with E-state index >= 15 is 0 Å². The molecule has 0 heterocycles. The molecular formula is C19H36F2O2. The predicted octanol–water partition coefficient (Wildman–Crippen LogP) is 6.32. The SMILES string of the molecule is CCCCCCCC[C@H](F)[C@H](F)CCCCCCCC(=O)OC. The first kappa shape index (κ1) is 22.3. The van der Waals surface area contributed by atoms with Crippen molar-refractivity contribution in [3.63, 3.8) is 0 Å². The molecule has 4 heteroatoms. The Bertz CT molecular complexity index is 272. The molecule has 138 valence electrons. The van der Waals surface area contributed by atoms with Gasteiger partial charge in [-0.2, -0.15) is 0 Å². The summed E-state index contributed by atoms with van der Waals surface area (Å²) in [6.07, 6.45) is 9.55. The molecule has 0 N–H and O–H groups in total. The first-order valence-electron chi connectivity index (χ1n) is 9.46. The number of halogens is 2. The van der Waals surface area contributed by atoms with Gasteiger partial charge in [0.05, 0.1) is 7.11 Å². The highest BCUT2D eigenvalue weighted by Crippen LogP contribution is 2.19. The van der Waals surface area contributed by atoms with Gasteiger partial charge < -0.3 is 4.74 Å². The quantitative estimate of drug-likeness (QED) is 0.244. The number of unbranched alkanes of at least 4 members (excludes halogenated alkanes) is 9. The van der Waals surface area contributed by atoms with Crippen molar-refractivity contribution in [3.8, 4) is 0 Å². The molecule has 0 spiro atoms. The van der Waals surface area contributed by atoms with Crippen molar-refractivity contribution in [2.75, 3.05) is 7.11 Å². The first-order valence-corrected chi connectivity index (χ1v) is 9.46. The Labute approximate surface area is 141 Å². The van der Waals surface area contributed by atoms with E-state index in [0.29, 0.717) is 19.3 Å². The molecule has 0 aliphatic carbocycles. The van der Waals surface area contributed by atoms with E-state index in [4.69, 9.17) is 0 Å². The number of hydrogen-bond donors (Lipinski definition) is 0. The molecule has 0 saturated heterocycles. The summed E-state index contributed by atoms with van der Waals surface area (Å²) in [6.45, 7) is 2.17. The van der Waals surface area contributed by atoms with Crippen LogP contribution in [0.1, 0.15) is 96.8 Å². The topological polar surface area (TPSA) is 26.3 Å². The molecule has 2 nitrogen and oxygen atoms in total. The Morgan fingerprint density at radius 1 is 0.783 bits per heavy atom. The van der Waals surface area contributed by atoms with Crippen LogP contribution in [0.25, 0.3) is 0 Å². The van der Waals surface area contributed by atoms with Gasteiger partial charge >= 0.3 is 5.97 Å². The summed E-state index contributed by atoms with van der Waals surface area (Å²) in [7, 11) is 1.39. The van der Waals surface area contributed by atoms with E-state index in [1.54, 1.807) is 0 Å². The molecular weight excluding hydrogens is 298 g/mol. The van der Waals surface area contributed by atoms with Crippen molar-refractivity contribution < 1.29 is 18.3 Å². The van der Waals surface area contributed by atoms with Crippen LogP contribution in [0.4, 0.5) is 8.78 Å². The average molecular weight is 334 g/mol. The van der Waals surface area contributed by atoms with Crippen molar-refractivity contribution in [1.29, 1.82) is 0 Å². The van der Waals surface area contributed by atoms with Crippen molar-refractivity contribution in [2.24, 2.45) is 0 Å². The summed E-state index contributed by atoms with van der Waals surface area (Å²) in [5, 5.41) is 0. The summed E-state index contributed by atoms with van der Waals surface area (Å²) in [6, 6.07) is 0. The Morgan fingerprint density at radius 3 is 1.70 bits per heavy atom. The minimum atomic E-state index is -1.30. The van der Waals surface area contributed by atoms with Gasteiger partial charge in [-0.25, -0.2) is 8.78 Å². The third-order valence-corrected chi connectivity index (χ3v) is 4.31. The molecule has 0 radical (unpaired) electrons. The molecule has 0 rings (SSSR count). The number of methoxy groups -OCH3 is 1. The normalized spacial score (nSPS) is 13.7. The highest BCUT2D eigenvalue weighted by Gasteiger charge is 2.19. The lowest BCUT2D eigenvalue weighted by atomic mass is 10.0. The number of carbonyl (C=O) groups excluding carboxylic acids is 1. The van der Waals surface area contributed by atoms with E-state index in [9.17, 15) is 13.6 Å². The minimum absolute atomic E-state index is 0.177. The molecule has 0 bridgehead atoms. The number of esters is 1. The summed E-state index contributed by atoms with van der Waals surface area (Å²) < 4.78 is 32.0. The molecule has 0 amide bonds. The van der Waals surface area contributed by atoms with E-state index in [0.717, 1.165) is 51.4 Å². The fourth-order valence-corrected chi connectivity index (χ4v) is 2.72. The average Bonchev–Trinajstić information content (AvgIpc) is 2.56. The second-order valence-electron chi connectivity index (χ2n) is 6.47. The van der Waals surface area contributed by atoms with Crippen LogP contribution in [-0.2, 0) is 9.53 Å². The van der Waals surface area contributed by atoms with Crippen LogP contribution in [0, 0.1) is 0 Å². The summed E-state index contributed by atoms with van der Waals surface area (Å²) >= 11 is 0. The van der Waals surface area contributed by atoms with Crippen LogP contribution in [0.3, 0.4) is 0 Å². The monoisotopic (exact) mass is 334 g/mol. The number of alkyl halides is 2. The van der Waals surface area contributed by atoms with E-state index in [1.807, 2.05) is 0 Å². The van der Waals surface area contributed by atoms with Crippen LogP contribution < -0.4 is 0 Å². The number of hydrogen-bond acceptors (Lipinski definition) is 2. The second kappa shape index (κ2) is 16.2. The Morgan fingerprint density at radius 2 is 1.22 bits per heavy atom. The molecule has 0 aromatic heterocycles. The Hall–Kier alpha value is -0.670. The molecule has 0 aliphatic rings. The molecule has 0 saturated carbocycles. The smallest absolute Gasteiger partial charge is 0.305 e. The molecule has 0 aromatic rings. The standard InChI is InChI=1S/C19H36F2O2/c1-3-4-5-6-8-11-14-17(20)18(21)15-12-9-7-10-13-16-19(22)23-2/h17-18H,3-16H2,1-2H3/t17-,18+/m0/s1. The molecule has 23 heavy (non-hydrogen) atoms. The fourth-order valence-electron chi connectivity index (χ4n) is 2.72. The summed E-state index contributed by atoms with van der Waals surface area (Å²) in [5.74, 6) is -0.177. The maximum atomic E-state index is 13.7. The molecule has 0 unspecified atom stereocenters. The van der Waals surface area contributed by atoms with Crippen molar-refractivity contribution >= 4 is 5.97 Å². The van der Waals surface area contributed by atoms with E-state index in [2.05, 4.69) is 11.7 Å². The molecule has 0 aromatic carbocycles. The van der Waals surface area contributed by atoms with E-state index in [1.165, 1.54) is 26.4 Å². The van der Waals surface area contributed by atoms with Gasteiger partial charge in [-0.1, -0.05) is 71.1 Å². The summed E-state index contributed by atoms with van der Waals surface area (Å²) in [4.78, 5) is 10.9. The second-order valence-corrected chi connectivity index (χ2v) is 6.47. The van der Waals surface area contributed by atoms with Gasteiger partial charge in [-0.05, 0) is 19.3 Å². The molecule has 0 aliphatic heterocycles. The van der Waals surface area contributed by atoms with Gasteiger partial charge in [-0.3, -0.25) is 4.79 Å². The van der Waals surface area contributed by atoms with Crippen LogP contribution in [0.2, 0.25) is 0 Å². The van der Waals surface area contributed by atoms with Gasteiger partial charge in [0, 0.05) is 6.42 Å². The zero-order chi connectivity index (χ0) is 17.3. The van der Waals surface area contributed by atoms with Gasteiger partial charge in [0.15, 0.2) is 0 Å². The van der Waals surface area contributed by atoms with Gasteiger partial charge in [-0.15, -0.1) is 0 Å².